The molecule has 0 saturated heterocycles. The normalized spacial score (nSPS) is 21.9. The highest BCUT2D eigenvalue weighted by Gasteiger charge is 2.65. The molecule has 2 aliphatic heterocycles. The topological polar surface area (TPSA) is 13.7 Å². The van der Waals surface area contributed by atoms with Crippen molar-refractivity contribution in [3.8, 4) is 22.6 Å². The van der Waals surface area contributed by atoms with Crippen LogP contribution in [0.5, 0.6) is 0 Å². The van der Waals surface area contributed by atoms with E-state index in [0.29, 0.717) is 11.8 Å². The number of nitrogens with zero attached hydrogens (tertiary/aromatic N) is 3. The highest BCUT2D eigenvalue weighted by atomic mass is 15.2. The van der Waals surface area contributed by atoms with Gasteiger partial charge in [0, 0.05) is 44.7 Å². The van der Waals surface area contributed by atoms with Crippen molar-refractivity contribution in [1.82, 2.24) is 9.13 Å². The molecule has 5 heterocycles. The fourth-order valence-corrected chi connectivity index (χ4v) is 10.4. The fourth-order valence-electron chi connectivity index (χ4n) is 10.4. The van der Waals surface area contributed by atoms with E-state index in [1.54, 1.807) is 11.1 Å². The maximum Gasteiger partial charge on any atom is 0.288 e. The van der Waals surface area contributed by atoms with Crippen LogP contribution in [0.25, 0.3) is 66.2 Å². The van der Waals surface area contributed by atoms with E-state index in [1.165, 1.54) is 91.1 Å². The van der Waals surface area contributed by atoms with E-state index in [1.807, 2.05) is 0 Å². The summed E-state index contributed by atoms with van der Waals surface area (Å²) in [7, 11) is 0. The van der Waals surface area contributed by atoms with E-state index in [9.17, 15) is 0 Å². The summed E-state index contributed by atoms with van der Waals surface area (Å²) in [5.41, 5.74) is 13.7. The number of para-hydroxylation sites is 2. The molecule has 3 aromatic heterocycles. The van der Waals surface area contributed by atoms with Gasteiger partial charge in [-0.2, -0.15) is 4.57 Å². The predicted molar refractivity (Wildman–Crippen MR) is 177 cm³/mol. The van der Waals surface area contributed by atoms with Gasteiger partial charge in [-0.15, -0.1) is 0 Å². The molecule has 3 atom stereocenters. The Balaban J connectivity index is 1.41. The van der Waals surface area contributed by atoms with E-state index in [0.717, 1.165) is 0 Å². The lowest BCUT2D eigenvalue weighted by atomic mass is 9.71. The molecule has 1 saturated carbocycles. The molecule has 4 aliphatic rings. The Morgan fingerprint density at radius 1 is 0.591 bits per heavy atom. The van der Waals surface area contributed by atoms with Gasteiger partial charge in [-0.3, -0.25) is 0 Å². The summed E-state index contributed by atoms with van der Waals surface area (Å²) < 4.78 is 7.98. The minimum Gasteiger partial charge on any atom is -0.308 e. The zero-order chi connectivity index (χ0) is 28.3. The van der Waals surface area contributed by atoms with Gasteiger partial charge < -0.3 is 4.57 Å². The number of rotatable bonds is 1. The lowest BCUT2D eigenvalue weighted by molar-refractivity contribution is -0.745. The Hall–Kier alpha value is -5.15. The highest BCUT2D eigenvalue weighted by molar-refractivity contribution is 6.22. The summed E-state index contributed by atoms with van der Waals surface area (Å²) in [5.74, 6) is 2.36. The summed E-state index contributed by atoms with van der Waals surface area (Å²) >= 11 is 0. The van der Waals surface area contributed by atoms with Crippen LogP contribution >= 0.6 is 0 Å². The molecule has 5 aromatic carbocycles. The van der Waals surface area contributed by atoms with Crippen LogP contribution in [0.15, 0.2) is 121 Å². The first kappa shape index (κ1) is 22.4. The largest absolute Gasteiger partial charge is 0.308 e. The van der Waals surface area contributed by atoms with Crippen LogP contribution in [0.2, 0.25) is 0 Å². The van der Waals surface area contributed by atoms with Gasteiger partial charge >= 0.3 is 0 Å². The first-order valence-electron chi connectivity index (χ1n) is 16.1. The zero-order valence-corrected chi connectivity index (χ0v) is 24.2. The standard InChI is InChI=1S/C41H28N3/c1-2-10-24(11-3-1)25-20-21-36-42(23-25)41-32-16-8-14-26(32)29-15-9-19-35(37(29)41)43-33-17-6-4-12-27(33)30-22-31-28-13-5-7-18-34(28)44(36)40(31)38(41)39(30)43/h1-7,9-13,15,17-23,26,32H,8,14,16H2/q+1. The summed E-state index contributed by atoms with van der Waals surface area (Å²) in [5, 5.41) is 5.45. The Labute approximate surface area is 254 Å². The number of hydrogen-bond acceptors (Lipinski definition) is 0. The van der Waals surface area contributed by atoms with Gasteiger partial charge in [0.2, 0.25) is 0 Å². The molecule has 0 amide bonds. The third-order valence-corrected chi connectivity index (χ3v) is 11.8. The molecule has 3 heteroatoms. The Morgan fingerprint density at radius 2 is 1.32 bits per heavy atom. The first-order chi connectivity index (χ1) is 21.9. The van der Waals surface area contributed by atoms with Crippen molar-refractivity contribution >= 4 is 43.6 Å². The van der Waals surface area contributed by atoms with Crippen LogP contribution in [0.1, 0.15) is 41.9 Å². The summed E-state index contributed by atoms with van der Waals surface area (Å²) in [6.45, 7) is 0. The van der Waals surface area contributed by atoms with E-state index in [4.69, 9.17) is 0 Å². The van der Waals surface area contributed by atoms with E-state index in [-0.39, 0.29) is 5.54 Å². The second-order valence-electron chi connectivity index (χ2n) is 13.4. The molecule has 0 bridgehead atoms. The van der Waals surface area contributed by atoms with Crippen molar-refractivity contribution in [2.24, 2.45) is 5.92 Å². The number of fused-ring (bicyclic) bond motifs is 11. The number of pyridine rings is 1. The molecule has 8 aromatic rings. The number of benzene rings is 5. The zero-order valence-electron chi connectivity index (χ0n) is 24.2. The van der Waals surface area contributed by atoms with Crippen molar-refractivity contribution in [3.05, 3.63) is 138 Å². The Morgan fingerprint density at radius 3 is 2.14 bits per heavy atom. The van der Waals surface area contributed by atoms with Crippen molar-refractivity contribution in [2.75, 3.05) is 0 Å². The molecule has 0 N–H and O–H groups in total. The molecule has 3 nitrogen and oxygen atoms in total. The van der Waals surface area contributed by atoms with Crippen LogP contribution in [0.3, 0.4) is 0 Å². The predicted octanol–water partition coefficient (Wildman–Crippen LogP) is 9.15. The van der Waals surface area contributed by atoms with Gasteiger partial charge in [-0.05, 0) is 66.3 Å². The summed E-state index contributed by atoms with van der Waals surface area (Å²) in [6.07, 6.45) is 6.32. The minimum absolute atomic E-state index is 0.264. The number of hydrogen-bond donors (Lipinski definition) is 0. The number of aromatic nitrogens is 3. The second-order valence-corrected chi connectivity index (χ2v) is 13.4. The van der Waals surface area contributed by atoms with E-state index in [2.05, 4.69) is 135 Å². The molecule has 12 rings (SSSR count). The van der Waals surface area contributed by atoms with Gasteiger partial charge in [-0.25, -0.2) is 4.57 Å². The highest BCUT2D eigenvalue weighted by Crippen LogP contribution is 2.66. The average molecular weight is 563 g/mol. The molecular formula is C41H28N3+. The van der Waals surface area contributed by atoms with Gasteiger partial charge in [0.25, 0.3) is 5.82 Å². The molecule has 0 radical (unpaired) electrons. The van der Waals surface area contributed by atoms with Crippen LogP contribution < -0.4 is 4.57 Å². The maximum atomic E-state index is 2.75. The van der Waals surface area contributed by atoms with Crippen LogP contribution in [-0.4, -0.2) is 9.13 Å². The molecule has 2 aliphatic carbocycles. The quantitative estimate of drug-likeness (QED) is 0.177. The summed E-state index contributed by atoms with van der Waals surface area (Å²) in [4.78, 5) is 0. The third-order valence-electron chi connectivity index (χ3n) is 11.8. The molecule has 1 fully saturated rings. The maximum absolute atomic E-state index is 2.75. The lowest BCUT2D eigenvalue weighted by Crippen LogP contribution is -2.65. The fraction of sp³-hybridized carbons (Fsp3) is 0.146. The first-order valence-corrected chi connectivity index (χ1v) is 16.1. The van der Waals surface area contributed by atoms with Crippen molar-refractivity contribution < 1.29 is 4.57 Å². The molecule has 1 spiro atoms. The van der Waals surface area contributed by atoms with Crippen LogP contribution in [-0.2, 0) is 5.54 Å². The van der Waals surface area contributed by atoms with Crippen molar-refractivity contribution in [2.45, 2.75) is 30.7 Å². The molecular weight excluding hydrogens is 534 g/mol. The third kappa shape index (κ3) is 2.23. The average Bonchev–Trinajstić information content (AvgIpc) is 3.84. The molecule has 3 unspecified atom stereocenters. The Bertz CT molecular complexity index is 2600. The minimum atomic E-state index is -0.264. The SMILES string of the molecule is c1ccc(-c2ccc3[n+](c2)C24c5c(cccc5-n5c6ccccc6c6cc7c8ccccc8n-3c7c2c65)C2CCCC24)cc1. The molecule has 206 valence electrons. The van der Waals surface area contributed by atoms with E-state index < -0.39 is 0 Å². The summed E-state index contributed by atoms with van der Waals surface area (Å²) in [6, 6.07) is 43.6. The van der Waals surface area contributed by atoms with Gasteiger partial charge in [-0.1, -0.05) is 79.2 Å². The second kappa shape index (κ2) is 7.31. The van der Waals surface area contributed by atoms with E-state index >= 15 is 0 Å². The van der Waals surface area contributed by atoms with Crippen LogP contribution in [0.4, 0.5) is 0 Å². The Kier molecular flexibility index (Phi) is 3.72. The van der Waals surface area contributed by atoms with Crippen molar-refractivity contribution in [1.29, 1.82) is 0 Å². The van der Waals surface area contributed by atoms with Gasteiger partial charge in [0.15, 0.2) is 11.1 Å². The smallest absolute Gasteiger partial charge is 0.288 e. The molecule has 44 heavy (non-hydrogen) atoms. The van der Waals surface area contributed by atoms with Gasteiger partial charge in [0.05, 0.1) is 28.5 Å². The lowest BCUT2D eigenvalue weighted by Gasteiger charge is -2.42. The van der Waals surface area contributed by atoms with Crippen LogP contribution in [0, 0.1) is 5.92 Å². The van der Waals surface area contributed by atoms with Gasteiger partial charge in [0.1, 0.15) is 5.52 Å². The monoisotopic (exact) mass is 562 g/mol. The van der Waals surface area contributed by atoms with Crippen molar-refractivity contribution in [3.63, 3.8) is 0 Å².